The van der Waals surface area contributed by atoms with Gasteiger partial charge in [-0.25, -0.2) is 9.18 Å². The standard InChI is InChI=1S/C15H25NO.C14H15F4N3O2.C9H10N2O.2CH2O/c1-3-4-5-6-7-8-12-11-13(12)14(17)16-15(2)9-10-15;15-10-4-3-8(6-9(10)14(16,17)18)20-7-12(22)21-5-1-2-11(21)13(19)23;1-2-11-8-6-4-3-5-7(8)10-9(11)12;2*1-2/h7-8,12-13H,3-6,9-11H2,1-2H3,(H,16,17);3-4,6,11,20H,1-2,5,7H2,(H2,19,23);3-6H,2H2,1H3,(H,10,12);2*1H2/b8-7-;;;;/t12-,13+;;;;/m1..../s1. The third-order valence-electron chi connectivity index (χ3n) is 9.57. The number of allylic oxidation sites excluding steroid dienone is 2. The van der Waals surface area contributed by atoms with Crippen molar-refractivity contribution in [3.05, 3.63) is 76.5 Å². The van der Waals surface area contributed by atoms with Crippen LogP contribution in [0.5, 0.6) is 0 Å². The van der Waals surface area contributed by atoms with Gasteiger partial charge in [-0.05, 0) is 95.0 Å². The molecule has 3 aromatic rings. The van der Waals surface area contributed by atoms with E-state index in [2.05, 4.69) is 41.6 Å². The van der Waals surface area contributed by atoms with Crippen molar-refractivity contribution < 1.29 is 41.5 Å². The van der Waals surface area contributed by atoms with Gasteiger partial charge < -0.3 is 35.8 Å². The van der Waals surface area contributed by atoms with E-state index < -0.39 is 35.4 Å². The number of hydrogen-bond donors (Lipinski definition) is 4. The SMILES string of the molecule is C=O.C=O.CCCCC/C=C\[C@@H]1C[C@@H]1C(=O)NC1(C)CC1.CCn1c(=O)[nH]c2ccccc21.NC(=O)C1CCCN1C(=O)CNc1ccc(F)c(C(F)(F)F)c1. The van der Waals surface area contributed by atoms with Crippen molar-refractivity contribution in [1.82, 2.24) is 19.8 Å². The van der Waals surface area contributed by atoms with E-state index in [1.165, 1.54) is 30.6 Å². The van der Waals surface area contributed by atoms with E-state index >= 15 is 0 Å². The highest BCUT2D eigenvalue weighted by atomic mass is 19.4. The Labute approximate surface area is 324 Å². The molecular weight excluding hydrogens is 736 g/mol. The smallest absolute Gasteiger partial charge is 0.376 e. The number of nitrogens with one attached hydrogen (secondary N) is 3. The second-order valence-electron chi connectivity index (χ2n) is 13.9. The Morgan fingerprint density at radius 2 is 1.73 bits per heavy atom. The number of fused-ring (bicyclic) bond motifs is 1. The number of halogens is 4. The maximum Gasteiger partial charge on any atom is 0.419 e. The van der Waals surface area contributed by atoms with Gasteiger partial charge in [0.25, 0.3) is 0 Å². The predicted octanol–water partition coefficient (Wildman–Crippen LogP) is 6.14. The highest BCUT2D eigenvalue weighted by Crippen LogP contribution is 2.42. The second kappa shape index (κ2) is 22.3. The van der Waals surface area contributed by atoms with Crippen LogP contribution in [0.25, 0.3) is 11.0 Å². The van der Waals surface area contributed by atoms with Crippen molar-refractivity contribution in [3.63, 3.8) is 0 Å². The molecule has 16 heteroatoms. The molecule has 0 bridgehead atoms. The number of amides is 3. The molecular formula is C40H54F4N6O6. The van der Waals surface area contributed by atoms with Crippen LogP contribution in [0.4, 0.5) is 23.2 Å². The van der Waals surface area contributed by atoms with Crippen LogP contribution in [-0.4, -0.2) is 70.4 Å². The summed E-state index contributed by atoms with van der Waals surface area (Å²) >= 11 is 0. The number of para-hydroxylation sites is 2. The van der Waals surface area contributed by atoms with E-state index in [1.807, 2.05) is 44.8 Å². The number of aromatic nitrogens is 2. The molecule has 1 unspecified atom stereocenters. The molecule has 56 heavy (non-hydrogen) atoms. The fourth-order valence-electron chi connectivity index (χ4n) is 6.13. The maximum absolute atomic E-state index is 13.2. The first-order valence-electron chi connectivity index (χ1n) is 18.6. The number of carbonyl (C=O) groups excluding carboxylic acids is 5. The fraction of sp³-hybridized carbons (Fsp3) is 0.500. The summed E-state index contributed by atoms with van der Waals surface area (Å²) in [6.07, 6.45) is 9.24. The lowest BCUT2D eigenvalue weighted by molar-refractivity contribution is -0.140. The van der Waals surface area contributed by atoms with Gasteiger partial charge in [-0.2, -0.15) is 13.2 Å². The molecule has 3 atom stereocenters. The van der Waals surface area contributed by atoms with Crippen LogP contribution in [0.15, 0.2) is 59.4 Å². The lowest BCUT2D eigenvalue weighted by atomic mass is 10.2. The Morgan fingerprint density at radius 1 is 1.05 bits per heavy atom. The molecule has 3 aliphatic rings. The summed E-state index contributed by atoms with van der Waals surface area (Å²) in [6, 6.07) is 9.38. The minimum atomic E-state index is -4.82. The summed E-state index contributed by atoms with van der Waals surface area (Å²) < 4.78 is 52.8. The lowest BCUT2D eigenvalue weighted by Gasteiger charge is -2.22. The number of hydrogen-bond acceptors (Lipinski definition) is 7. The molecule has 2 heterocycles. The Kier molecular flexibility index (Phi) is 18.7. The van der Waals surface area contributed by atoms with Crippen molar-refractivity contribution in [3.8, 4) is 0 Å². The van der Waals surface area contributed by atoms with Crippen molar-refractivity contribution in [2.45, 2.75) is 103 Å². The first-order chi connectivity index (χ1) is 26.7. The summed E-state index contributed by atoms with van der Waals surface area (Å²) in [7, 11) is 0. The number of nitrogens with two attached hydrogens (primary N) is 1. The highest BCUT2D eigenvalue weighted by Gasteiger charge is 2.46. The van der Waals surface area contributed by atoms with Crippen molar-refractivity contribution in [2.24, 2.45) is 17.6 Å². The van der Waals surface area contributed by atoms with Gasteiger partial charge in [-0.15, -0.1) is 0 Å². The van der Waals surface area contributed by atoms with E-state index in [1.54, 1.807) is 4.57 Å². The van der Waals surface area contributed by atoms with Gasteiger partial charge in [0.2, 0.25) is 17.7 Å². The molecule has 1 aliphatic heterocycles. The Morgan fingerprint density at radius 3 is 2.34 bits per heavy atom. The topological polar surface area (TPSA) is 176 Å². The predicted molar refractivity (Wildman–Crippen MR) is 207 cm³/mol. The van der Waals surface area contributed by atoms with E-state index in [4.69, 9.17) is 15.3 Å². The molecule has 6 rings (SSSR count). The molecule has 12 nitrogen and oxygen atoms in total. The van der Waals surface area contributed by atoms with Gasteiger partial charge in [0.1, 0.15) is 25.4 Å². The quantitative estimate of drug-likeness (QED) is 0.0968. The molecule has 0 spiro atoms. The zero-order valence-electron chi connectivity index (χ0n) is 32.3. The number of aromatic amines is 1. The minimum absolute atomic E-state index is 0.0290. The zero-order chi connectivity index (χ0) is 42.1. The third-order valence-corrected chi connectivity index (χ3v) is 9.57. The number of alkyl halides is 3. The van der Waals surface area contributed by atoms with Crippen molar-refractivity contribution in [1.29, 1.82) is 0 Å². The van der Waals surface area contributed by atoms with E-state index in [9.17, 15) is 36.7 Å². The van der Waals surface area contributed by atoms with Gasteiger partial charge in [-0.3, -0.25) is 19.0 Å². The average Bonchev–Trinajstić information content (AvgIpc) is 4.02. The van der Waals surface area contributed by atoms with Crippen LogP contribution in [0.3, 0.4) is 0 Å². The molecule has 0 radical (unpaired) electrons. The number of carbonyl (C=O) groups is 5. The van der Waals surface area contributed by atoms with Gasteiger partial charge >= 0.3 is 11.9 Å². The number of primary amides is 1. The molecule has 2 aliphatic carbocycles. The number of likely N-dealkylation sites (tertiary alicyclic amines) is 1. The van der Waals surface area contributed by atoms with Crippen LogP contribution >= 0.6 is 0 Å². The summed E-state index contributed by atoms with van der Waals surface area (Å²) in [5, 5.41) is 5.67. The van der Waals surface area contributed by atoms with Crippen LogP contribution in [0.1, 0.15) is 84.1 Å². The summed E-state index contributed by atoms with van der Waals surface area (Å²) in [6.45, 7) is 11.1. The van der Waals surface area contributed by atoms with Crippen molar-refractivity contribution in [2.75, 3.05) is 18.4 Å². The van der Waals surface area contributed by atoms with Crippen LogP contribution in [-0.2, 0) is 36.7 Å². The molecule has 1 saturated heterocycles. The largest absolute Gasteiger partial charge is 0.419 e. The van der Waals surface area contributed by atoms with E-state index in [0.717, 1.165) is 36.4 Å². The van der Waals surface area contributed by atoms with Gasteiger partial charge in [0.15, 0.2) is 0 Å². The Hall–Kier alpha value is -5.28. The number of aryl methyl sites for hydroxylation is 1. The lowest BCUT2D eigenvalue weighted by Crippen LogP contribution is -2.45. The monoisotopic (exact) mass is 790 g/mol. The average molecular weight is 791 g/mol. The second-order valence-corrected chi connectivity index (χ2v) is 13.9. The van der Waals surface area contributed by atoms with Crippen LogP contribution in [0, 0.1) is 17.7 Å². The maximum atomic E-state index is 13.2. The first-order valence-corrected chi connectivity index (χ1v) is 18.6. The number of nitrogens with zero attached hydrogens (tertiary/aromatic N) is 2. The molecule has 1 aromatic heterocycles. The number of imidazole rings is 1. The third kappa shape index (κ3) is 14.1. The van der Waals surface area contributed by atoms with E-state index in [0.29, 0.717) is 44.0 Å². The zero-order valence-corrected chi connectivity index (χ0v) is 32.3. The normalized spacial score (nSPS) is 18.8. The van der Waals surface area contributed by atoms with Gasteiger partial charge in [0, 0.05) is 30.2 Å². The van der Waals surface area contributed by atoms with Gasteiger partial charge in [-0.1, -0.05) is 44.1 Å². The number of anilines is 1. The highest BCUT2D eigenvalue weighted by molar-refractivity contribution is 5.89. The van der Waals surface area contributed by atoms with Crippen LogP contribution in [0.2, 0.25) is 0 Å². The number of rotatable bonds is 12. The van der Waals surface area contributed by atoms with E-state index in [-0.39, 0.29) is 35.3 Å². The first kappa shape index (κ1) is 46.9. The van der Waals surface area contributed by atoms with Crippen molar-refractivity contribution >= 4 is 48.0 Å². The molecule has 3 amide bonds. The van der Waals surface area contributed by atoms with Crippen LogP contribution < -0.4 is 22.1 Å². The Bertz CT molecular complexity index is 1820. The summed E-state index contributed by atoms with van der Waals surface area (Å²) in [5.74, 6) is -1.37. The fourth-order valence-corrected chi connectivity index (χ4v) is 6.13. The number of H-pyrrole nitrogens is 1. The summed E-state index contributed by atoms with van der Waals surface area (Å²) in [5.41, 5.74) is 5.75. The molecule has 308 valence electrons. The molecule has 2 aromatic carbocycles. The summed E-state index contributed by atoms with van der Waals surface area (Å²) in [4.78, 5) is 66.5. The minimum Gasteiger partial charge on any atom is -0.376 e. The van der Waals surface area contributed by atoms with Gasteiger partial charge in [0.05, 0.1) is 23.1 Å². The molecule has 3 fully saturated rings. The Balaban J connectivity index is 0.000000289. The molecule has 5 N–H and O–H groups in total. The molecule has 2 saturated carbocycles. The number of benzene rings is 2. The number of unbranched alkanes of at least 4 members (excludes halogenated alkanes) is 3.